The summed E-state index contributed by atoms with van der Waals surface area (Å²) in [4.78, 5) is 25.8. The van der Waals surface area contributed by atoms with Crippen molar-refractivity contribution in [1.82, 2.24) is 0 Å². The van der Waals surface area contributed by atoms with Crippen LogP contribution in [-0.2, 0) is 9.53 Å². The van der Waals surface area contributed by atoms with Gasteiger partial charge in [-0.05, 0) is 25.0 Å². The number of anilines is 1. The van der Waals surface area contributed by atoms with Gasteiger partial charge in [0, 0.05) is 16.7 Å². The Hall–Kier alpha value is -2.14. The second-order valence-corrected chi connectivity index (χ2v) is 7.51. The Bertz CT molecular complexity index is 739. The zero-order valence-electron chi connectivity index (χ0n) is 15.9. The minimum Gasteiger partial charge on any atom is -0.462 e. The van der Waals surface area contributed by atoms with Crippen LogP contribution >= 0.6 is 11.3 Å². The van der Waals surface area contributed by atoms with Crippen molar-refractivity contribution in [3.05, 3.63) is 52.4 Å². The van der Waals surface area contributed by atoms with Gasteiger partial charge in [-0.3, -0.25) is 4.79 Å². The van der Waals surface area contributed by atoms with Gasteiger partial charge in [0.1, 0.15) is 5.00 Å². The fourth-order valence-electron chi connectivity index (χ4n) is 2.78. The van der Waals surface area contributed by atoms with Gasteiger partial charge < -0.3 is 10.1 Å². The largest absolute Gasteiger partial charge is 0.462 e. The van der Waals surface area contributed by atoms with E-state index < -0.39 is 5.97 Å². The highest BCUT2D eigenvalue weighted by molar-refractivity contribution is 7.16. The van der Waals surface area contributed by atoms with Crippen LogP contribution in [0.15, 0.2) is 36.4 Å². The number of rotatable bonds is 8. The molecular formula is C21H27NO3S. The number of hydrogen-bond acceptors (Lipinski definition) is 4. The second kappa shape index (κ2) is 9.53. The van der Waals surface area contributed by atoms with Crippen molar-refractivity contribution in [2.24, 2.45) is 5.92 Å². The van der Waals surface area contributed by atoms with Crippen molar-refractivity contribution in [1.29, 1.82) is 0 Å². The van der Waals surface area contributed by atoms with E-state index in [1.807, 2.05) is 31.2 Å². The molecule has 0 saturated carbocycles. The first-order chi connectivity index (χ1) is 12.5. The summed E-state index contributed by atoms with van der Waals surface area (Å²) in [7, 11) is 0. The van der Waals surface area contributed by atoms with Gasteiger partial charge in [0.25, 0.3) is 0 Å². The molecule has 140 valence electrons. The van der Waals surface area contributed by atoms with Crippen LogP contribution in [0, 0.1) is 5.92 Å². The highest BCUT2D eigenvalue weighted by atomic mass is 32.1. The Labute approximate surface area is 159 Å². The number of thiophene rings is 1. The van der Waals surface area contributed by atoms with Crippen LogP contribution in [0.3, 0.4) is 0 Å². The van der Waals surface area contributed by atoms with E-state index >= 15 is 0 Å². The van der Waals surface area contributed by atoms with Gasteiger partial charge in [0.05, 0.1) is 12.2 Å². The Morgan fingerprint density at radius 3 is 2.46 bits per heavy atom. The standard InChI is InChI=1S/C21H27NO3S/c1-5-10-14(3)19(23)22-20-17(21(24)25-6-2)13-18(26-20)15(4)16-11-8-7-9-12-16/h7-9,11-15H,5-6,10H2,1-4H3,(H,22,23)/t14-,15-/m1/s1. The number of hydrogen-bond donors (Lipinski definition) is 1. The van der Waals surface area contributed by atoms with Gasteiger partial charge in [-0.15, -0.1) is 11.3 Å². The number of amides is 1. The highest BCUT2D eigenvalue weighted by Crippen LogP contribution is 2.36. The van der Waals surface area contributed by atoms with Crippen LogP contribution in [0.5, 0.6) is 0 Å². The van der Waals surface area contributed by atoms with E-state index in [4.69, 9.17) is 4.74 Å². The Morgan fingerprint density at radius 2 is 1.85 bits per heavy atom. The van der Waals surface area contributed by atoms with E-state index in [-0.39, 0.29) is 17.7 Å². The number of carbonyl (C=O) groups is 2. The Balaban J connectivity index is 2.31. The fraction of sp³-hybridized carbons (Fsp3) is 0.429. The highest BCUT2D eigenvalue weighted by Gasteiger charge is 2.23. The summed E-state index contributed by atoms with van der Waals surface area (Å²) in [5.74, 6) is -0.410. The van der Waals surface area contributed by atoms with E-state index in [1.165, 1.54) is 16.9 Å². The molecule has 0 radical (unpaired) electrons. The maximum atomic E-state index is 12.4. The van der Waals surface area contributed by atoms with E-state index in [9.17, 15) is 9.59 Å². The molecule has 0 fully saturated rings. The molecular weight excluding hydrogens is 346 g/mol. The molecule has 0 spiro atoms. The molecule has 1 aromatic heterocycles. The Morgan fingerprint density at radius 1 is 1.15 bits per heavy atom. The summed E-state index contributed by atoms with van der Waals surface area (Å²) in [6.45, 7) is 8.14. The van der Waals surface area contributed by atoms with Gasteiger partial charge in [0.15, 0.2) is 0 Å². The van der Waals surface area contributed by atoms with Gasteiger partial charge in [0.2, 0.25) is 5.91 Å². The summed E-state index contributed by atoms with van der Waals surface area (Å²) in [5.41, 5.74) is 1.60. The molecule has 0 aliphatic carbocycles. The van der Waals surface area contributed by atoms with Crippen molar-refractivity contribution in [3.63, 3.8) is 0 Å². The van der Waals surface area contributed by atoms with Crippen molar-refractivity contribution >= 4 is 28.2 Å². The molecule has 5 heteroatoms. The van der Waals surface area contributed by atoms with E-state index in [2.05, 4.69) is 31.3 Å². The lowest BCUT2D eigenvalue weighted by Crippen LogP contribution is -2.21. The maximum Gasteiger partial charge on any atom is 0.341 e. The molecule has 0 aliphatic rings. The van der Waals surface area contributed by atoms with Crippen LogP contribution in [0.25, 0.3) is 0 Å². The van der Waals surface area contributed by atoms with Gasteiger partial charge >= 0.3 is 5.97 Å². The maximum absolute atomic E-state index is 12.4. The van der Waals surface area contributed by atoms with Crippen LogP contribution in [-0.4, -0.2) is 18.5 Å². The zero-order valence-corrected chi connectivity index (χ0v) is 16.7. The third-order valence-corrected chi connectivity index (χ3v) is 5.61. The first-order valence-electron chi connectivity index (χ1n) is 9.14. The van der Waals surface area contributed by atoms with Crippen LogP contribution in [0.4, 0.5) is 5.00 Å². The van der Waals surface area contributed by atoms with Crippen molar-refractivity contribution in [2.45, 2.75) is 46.5 Å². The van der Waals surface area contributed by atoms with Crippen LogP contribution in [0.2, 0.25) is 0 Å². The molecule has 1 heterocycles. The van der Waals surface area contributed by atoms with Crippen molar-refractivity contribution in [2.75, 3.05) is 11.9 Å². The molecule has 4 nitrogen and oxygen atoms in total. The summed E-state index contributed by atoms with van der Waals surface area (Å²) >= 11 is 1.45. The minimum absolute atomic E-state index is 0.0573. The van der Waals surface area contributed by atoms with Gasteiger partial charge in [-0.25, -0.2) is 4.79 Å². The second-order valence-electron chi connectivity index (χ2n) is 6.42. The first-order valence-corrected chi connectivity index (χ1v) is 9.96. The number of benzene rings is 1. The number of carbonyl (C=O) groups excluding carboxylic acids is 2. The molecule has 0 saturated heterocycles. The average molecular weight is 374 g/mol. The number of esters is 1. The molecule has 0 unspecified atom stereocenters. The lowest BCUT2D eigenvalue weighted by Gasteiger charge is -2.11. The smallest absolute Gasteiger partial charge is 0.341 e. The van der Waals surface area contributed by atoms with Crippen molar-refractivity contribution in [3.8, 4) is 0 Å². The van der Waals surface area contributed by atoms with Crippen LogP contribution in [0.1, 0.15) is 67.3 Å². The fourth-order valence-corrected chi connectivity index (χ4v) is 3.91. The number of nitrogens with one attached hydrogen (secondary N) is 1. The third-order valence-electron chi connectivity index (χ3n) is 4.38. The quantitative estimate of drug-likeness (QED) is 0.626. The topological polar surface area (TPSA) is 55.4 Å². The van der Waals surface area contributed by atoms with Gasteiger partial charge in [-0.1, -0.05) is 57.5 Å². The lowest BCUT2D eigenvalue weighted by atomic mass is 9.99. The summed E-state index contributed by atoms with van der Waals surface area (Å²) in [6.07, 6.45) is 1.76. The van der Waals surface area contributed by atoms with E-state index in [0.29, 0.717) is 17.2 Å². The van der Waals surface area contributed by atoms with E-state index in [0.717, 1.165) is 17.7 Å². The average Bonchev–Trinajstić information content (AvgIpc) is 3.06. The Kier molecular flexibility index (Phi) is 7.39. The van der Waals surface area contributed by atoms with E-state index in [1.54, 1.807) is 6.92 Å². The monoisotopic (exact) mass is 373 g/mol. The molecule has 2 atom stereocenters. The molecule has 26 heavy (non-hydrogen) atoms. The first kappa shape index (κ1) is 20.2. The normalized spacial score (nSPS) is 13.1. The molecule has 1 amide bonds. The molecule has 2 rings (SSSR count). The van der Waals surface area contributed by atoms with Crippen molar-refractivity contribution < 1.29 is 14.3 Å². The molecule has 0 aliphatic heterocycles. The molecule has 0 bridgehead atoms. The zero-order chi connectivity index (χ0) is 19.1. The lowest BCUT2D eigenvalue weighted by molar-refractivity contribution is -0.119. The third kappa shape index (κ3) is 4.94. The minimum atomic E-state index is -0.395. The predicted octanol–water partition coefficient (Wildman–Crippen LogP) is 5.45. The van der Waals surface area contributed by atoms with Gasteiger partial charge in [-0.2, -0.15) is 0 Å². The molecule has 1 N–H and O–H groups in total. The summed E-state index contributed by atoms with van der Waals surface area (Å²) in [5, 5.41) is 3.52. The molecule has 1 aromatic carbocycles. The molecule has 2 aromatic rings. The summed E-state index contributed by atoms with van der Waals surface area (Å²) < 4.78 is 5.17. The van der Waals surface area contributed by atoms with Crippen LogP contribution < -0.4 is 5.32 Å². The SMILES string of the molecule is CCC[C@@H](C)C(=O)Nc1sc([C@H](C)c2ccccc2)cc1C(=O)OCC. The predicted molar refractivity (Wildman–Crippen MR) is 107 cm³/mol. The number of ether oxygens (including phenoxy) is 1. The summed E-state index contributed by atoms with van der Waals surface area (Å²) in [6, 6.07) is 12.0.